The molecule has 0 radical (unpaired) electrons. The molecule has 1 aromatic rings. The monoisotopic (exact) mass is 254 g/mol. The van der Waals surface area contributed by atoms with E-state index >= 15 is 0 Å². The number of alkyl halides is 2. The van der Waals surface area contributed by atoms with Gasteiger partial charge in [0.15, 0.2) is 0 Å². The van der Waals surface area contributed by atoms with Gasteiger partial charge in [0.2, 0.25) is 0 Å². The van der Waals surface area contributed by atoms with E-state index in [2.05, 4.69) is 0 Å². The Kier molecular flexibility index (Phi) is 3.97. The minimum absolute atomic E-state index is 0.0911. The number of rotatable bonds is 4. The number of likely N-dealkylation sites (tertiary alicyclic amines) is 1. The minimum Gasteiger partial charge on any atom is -0.330 e. The van der Waals surface area contributed by atoms with Gasteiger partial charge in [-0.25, -0.2) is 0 Å². The normalized spacial score (nSPS) is 25.6. The summed E-state index contributed by atoms with van der Waals surface area (Å²) in [4.78, 5) is 1.85. The lowest BCUT2D eigenvalue weighted by atomic mass is 10.1. The topological polar surface area (TPSA) is 29.3 Å². The molecule has 0 aliphatic carbocycles. The molecule has 2 nitrogen and oxygen atoms in total. The van der Waals surface area contributed by atoms with Crippen LogP contribution in [0, 0.1) is 5.92 Å². The Bertz CT molecular complexity index is 381. The zero-order valence-electron chi connectivity index (χ0n) is 10.7. The van der Waals surface area contributed by atoms with Gasteiger partial charge in [0, 0.05) is 18.2 Å². The average Bonchev–Trinajstić information content (AvgIpc) is 2.71. The highest BCUT2D eigenvalue weighted by Gasteiger charge is 2.38. The van der Waals surface area contributed by atoms with Crippen LogP contribution in [0.1, 0.15) is 18.9 Å². The van der Waals surface area contributed by atoms with Gasteiger partial charge in [0.25, 0.3) is 5.92 Å². The van der Waals surface area contributed by atoms with E-state index in [9.17, 15) is 8.78 Å². The van der Waals surface area contributed by atoms with Crippen LogP contribution in [-0.2, 0) is 5.92 Å². The first-order valence-corrected chi connectivity index (χ1v) is 6.40. The van der Waals surface area contributed by atoms with Crippen LogP contribution in [0.2, 0.25) is 0 Å². The van der Waals surface area contributed by atoms with Gasteiger partial charge in [-0.15, -0.1) is 0 Å². The lowest BCUT2D eigenvalue weighted by Gasteiger charge is -2.27. The van der Waals surface area contributed by atoms with Crippen molar-refractivity contribution in [3.8, 4) is 0 Å². The third-order valence-corrected chi connectivity index (χ3v) is 3.72. The Hall–Kier alpha value is -1.00. The summed E-state index contributed by atoms with van der Waals surface area (Å²) in [7, 11) is 0. The van der Waals surface area contributed by atoms with Crippen molar-refractivity contribution in [2.24, 2.45) is 11.7 Å². The summed E-state index contributed by atoms with van der Waals surface area (Å²) in [6.45, 7) is 3.04. The van der Waals surface area contributed by atoms with Crippen molar-refractivity contribution in [3.05, 3.63) is 35.9 Å². The third kappa shape index (κ3) is 2.87. The lowest BCUT2D eigenvalue weighted by Crippen LogP contribution is -2.37. The number of nitrogens with two attached hydrogens (primary N) is 1. The zero-order chi connectivity index (χ0) is 13.2. The summed E-state index contributed by atoms with van der Waals surface area (Å²) >= 11 is 0. The lowest BCUT2D eigenvalue weighted by molar-refractivity contribution is -0.0400. The first-order chi connectivity index (χ1) is 8.53. The maximum atomic E-state index is 14.1. The fourth-order valence-electron chi connectivity index (χ4n) is 2.64. The Morgan fingerprint density at radius 3 is 2.56 bits per heavy atom. The fourth-order valence-corrected chi connectivity index (χ4v) is 2.64. The van der Waals surface area contributed by atoms with Crippen molar-refractivity contribution < 1.29 is 8.78 Å². The summed E-state index contributed by atoms with van der Waals surface area (Å²) in [5.74, 6) is -2.44. The van der Waals surface area contributed by atoms with Crippen molar-refractivity contribution in [2.45, 2.75) is 25.3 Å². The molecule has 1 saturated heterocycles. The molecular weight excluding hydrogens is 234 g/mol. The van der Waals surface area contributed by atoms with Crippen molar-refractivity contribution in [3.63, 3.8) is 0 Å². The van der Waals surface area contributed by atoms with Crippen molar-refractivity contribution in [1.82, 2.24) is 4.90 Å². The smallest absolute Gasteiger partial charge is 0.285 e. The molecule has 2 atom stereocenters. The highest BCUT2D eigenvalue weighted by molar-refractivity contribution is 5.20. The largest absolute Gasteiger partial charge is 0.330 e. The van der Waals surface area contributed by atoms with Crippen LogP contribution in [0.25, 0.3) is 0 Å². The average molecular weight is 254 g/mol. The molecule has 0 saturated carbocycles. The van der Waals surface area contributed by atoms with Gasteiger partial charge in [-0.3, -0.25) is 4.90 Å². The first kappa shape index (κ1) is 13.4. The number of hydrogen-bond acceptors (Lipinski definition) is 2. The molecule has 4 heteroatoms. The standard InChI is InChI=1S/C14H20F2N2/c1-11-7-12(8-17)9-18(11)10-14(15,16)13-5-3-2-4-6-13/h2-6,11-12H,7-10,17H2,1H3. The molecule has 2 unspecified atom stereocenters. The highest BCUT2D eigenvalue weighted by Crippen LogP contribution is 2.32. The predicted molar refractivity (Wildman–Crippen MR) is 68.5 cm³/mol. The second kappa shape index (κ2) is 5.33. The van der Waals surface area contributed by atoms with Gasteiger partial charge in [-0.1, -0.05) is 30.3 Å². The van der Waals surface area contributed by atoms with Gasteiger partial charge < -0.3 is 5.73 Å². The molecular formula is C14H20F2N2. The summed E-state index contributed by atoms with van der Waals surface area (Å²) in [6.07, 6.45) is 0.918. The van der Waals surface area contributed by atoms with E-state index in [-0.39, 0.29) is 18.2 Å². The second-order valence-corrected chi connectivity index (χ2v) is 5.19. The van der Waals surface area contributed by atoms with E-state index in [4.69, 9.17) is 5.73 Å². The van der Waals surface area contributed by atoms with E-state index in [0.717, 1.165) is 6.42 Å². The molecule has 0 aromatic heterocycles. The first-order valence-electron chi connectivity index (χ1n) is 6.40. The molecule has 1 heterocycles. The van der Waals surface area contributed by atoms with Gasteiger partial charge in [0.05, 0.1) is 6.54 Å². The van der Waals surface area contributed by atoms with Gasteiger partial charge in [0.1, 0.15) is 0 Å². The number of hydrogen-bond donors (Lipinski definition) is 1. The molecule has 0 bridgehead atoms. The van der Waals surface area contributed by atoms with Crippen LogP contribution in [0.15, 0.2) is 30.3 Å². The van der Waals surface area contributed by atoms with Crippen molar-refractivity contribution in [2.75, 3.05) is 19.6 Å². The third-order valence-electron chi connectivity index (χ3n) is 3.72. The molecule has 18 heavy (non-hydrogen) atoms. The van der Waals surface area contributed by atoms with E-state index in [1.54, 1.807) is 18.2 Å². The van der Waals surface area contributed by atoms with Gasteiger partial charge in [-0.2, -0.15) is 8.78 Å². The van der Waals surface area contributed by atoms with Crippen molar-refractivity contribution >= 4 is 0 Å². The number of nitrogens with zero attached hydrogens (tertiary/aromatic N) is 1. The molecule has 100 valence electrons. The predicted octanol–water partition coefficient (Wildman–Crippen LogP) is 2.45. The van der Waals surface area contributed by atoms with Crippen LogP contribution in [0.3, 0.4) is 0 Å². The minimum atomic E-state index is -2.79. The Balaban J connectivity index is 2.05. The fraction of sp³-hybridized carbons (Fsp3) is 0.571. The van der Waals surface area contributed by atoms with Crippen LogP contribution in [-0.4, -0.2) is 30.6 Å². The second-order valence-electron chi connectivity index (χ2n) is 5.19. The van der Waals surface area contributed by atoms with E-state index in [1.165, 1.54) is 12.1 Å². The maximum absolute atomic E-state index is 14.1. The quantitative estimate of drug-likeness (QED) is 0.894. The summed E-state index contributed by atoms with van der Waals surface area (Å²) in [6, 6.07) is 8.22. The Labute approximate surface area is 107 Å². The van der Waals surface area contributed by atoms with Crippen LogP contribution in [0.5, 0.6) is 0 Å². The van der Waals surface area contributed by atoms with Crippen LogP contribution in [0.4, 0.5) is 8.78 Å². The maximum Gasteiger partial charge on any atom is 0.285 e. The van der Waals surface area contributed by atoms with E-state index in [1.807, 2.05) is 11.8 Å². The summed E-state index contributed by atoms with van der Waals surface area (Å²) in [5, 5.41) is 0. The zero-order valence-corrected chi connectivity index (χ0v) is 10.7. The molecule has 1 fully saturated rings. The van der Waals surface area contributed by atoms with Crippen LogP contribution >= 0.6 is 0 Å². The molecule has 2 N–H and O–H groups in total. The molecule has 0 amide bonds. The number of halogens is 2. The van der Waals surface area contributed by atoms with E-state index in [0.29, 0.717) is 19.0 Å². The number of benzene rings is 1. The summed E-state index contributed by atoms with van der Waals surface area (Å²) in [5.41, 5.74) is 5.71. The molecule has 0 spiro atoms. The Morgan fingerprint density at radius 1 is 1.33 bits per heavy atom. The molecule has 1 aliphatic heterocycles. The van der Waals surface area contributed by atoms with Crippen molar-refractivity contribution in [1.29, 1.82) is 0 Å². The van der Waals surface area contributed by atoms with Crippen LogP contribution < -0.4 is 5.73 Å². The summed E-state index contributed by atoms with van der Waals surface area (Å²) < 4.78 is 28.3. The molecule has 1 aromatic carbocycles. The van der Waals surface area contributed by atoms with Gasteiger partial charge >= 0.3 is 0 Å². The van der Waals surface area contributed by atoms with Gasteiger partial charge in [-0.05, 0) is 25.8 Å². The SMILES string of the molecule is CC1CC(CN)CN1CC(F)(F)c1ccccc1. The van der Waals surface area contributed by atoms with E-state index < -0.39 is 5.92 Å². The highest BCUT2D eigenvalue weighted by atomic mass is 19.3. The molecule has 1 aliphatic rings. The molecule has 2 rings (SSSR count). The Morgan fingerprint density at radius 2 is 2.00 bits per heavy atom.